The molecule has 0 spiro atoms. The van der Waals surface area contributed by atoms with E-state index in [0.717, 1.165) is 11.3 Å². The first-order chi connectivity index (χ1) is 10.6. The van der Waals surface area contributed by atoms with Crippen LogP contribution < -0.4 is 4.74 Å². The first-order valence-electron chi connectivity index (χ1n) is 7.41. The molecule has 0 saturated carbocycles. The van der Waals surface area contributed by atoms with Crippen LogP contribution in [0.5, 0.6) is 11.5 Å². The Kier molecular flexibility index (Phi) is 5.81. The van der Waals surface area contributed by atoms with Gasteiger partial charge < -0.3 is 14.9 Å². The molecule has 0 aliphatic carbocycles. The van der Waals surface area contributed by atoms with E-state index in [-0.39, 0.29) is 18.4 Å². The molecule has 0 saturated heterocycles. The van der Waals surface area contributed by atoms with Gasteiger partial charge in [-0.25, -0.2) is 0 Å². The van der Waals surface area contributed by atoms with Gasteiger partial charge in [-0.3, -0.25) is 4.90 Å². The van der Waals surface area contributed by atoms with E-state index in [1.54, 1.807) is 12.1 Å². The second kappa shape index (κ2) is 7.82. The number of aliphatic hydroxyl groups excluding tert-OH is 1. The minimum Gasteiger partial charge on any atom is -0.508 e. The SMILES string of the molecule is CC(c1cccc(O)c1)N(C)CC(O)COc1ccccc1. The first-order valence-corrected chi connectivity index (χ1v) is 7.41. The summed E-state index contributed by atoms with van der Waals surface area (Å²) in [6, 6.07) is 16.7. The number of rotatable bonds is 7. The van der Waals surface area contributed by atoms with Gasteiger partial charge in [0.05, 0.1) is 0 Å². The molecule has 0 heterocycles. The number of likely N-dealkylation sites (N-methyl/N-ethyl adjacent to an activating group) is 1. The molecule has 2 N–H and O–H groups in total. The van der Waals surface area contributed by atoms with E-state index < -0.39 is 6.10 Å². The Morgan fingerprint density at radius 3 is 2.50 bits per heavy atom. The van der Waals surface area contributed by atoms with E-state index in [4.69, 9.17) is 4.74 Å². The topological polar surface area (TPSA) is 52.9 Å². The normalized spacial score (nSPS) is 13.8. The highest BCUT2D eigenvalue weighted by molar-refractivity contribution is 5.29. The average Bonchev–Trinajstić information content (AvgIpc) is 2.53. The number of hydrogen-bond donors (Lipinski definition) is 2. The van der Waals surface area contributed by atoms with Crippen molar-refractivity contribution in [2.75, 3.05) is 20.2 Å². The fraction of sp³-hybridized carbons (Fsp3) is 0.333. The lowest BCUT2D eigenvalue weighted by atomic mass is 10.1. The van der Waals surface area contributed by atoms with E-state index in [0.29, 0.717) is 6.54 Å². The van der Waals surface area contributed by atoms with E-state index in [2.05, 4.69) is 0 Å². The van der Waals surface area contributed by atoms with Crippen LogP contribution in [0.3, 0.4) is 0 Å². The summed E-state index contributed by atoms with van der Waals surface area (Å²) in [6.45, 7) is 2.78. The monoisotopic (exact) mass is 301 g/mol. The lowest BCUT2D eigenvalue weighted by molar-refractivity contribution is 0.0653. The summed E-state index contributed by atoms with van der Waals surface area (Å²) in [5.41, 5.74) is 1.01. The van der Waals surface area contributed by atoms with E-state index in [1.807, 2.05) is 61.3 Å². The number of hydrogen-bond acceptors (Lipinski definition) is 4. The van der Waals surface area contributed by atoms with Crippen molar-refractivity contribution in [2.24, 2.45) is 0 Å². The molecule has 2 unspecified atom stereocenters. The van der Waals surface area contributed by atoms with Crippen molar-refractivity contribution in [1.29, 1.82) is 0 Å². The molecule has 0 bridgehead atoms. The van der Waals surface area contributed by atoms with Crippen molar-refractivity contribution in [2.45, 2.75) is 19.1 Å². The summed E-state index contributed by atoms with van der Waals surface area (Å²) in [4.78, 5) is 2.04. The third kappa shape index (κ3) is 4.76. The van der Waals surface area contributed by atoms with Crippen LogP contribution in [0.2, 0.25) is 0 Å². The molecule has 2 aromatic carbocycles. The Labute approximate surface area is 131 Å². The van der Waals surface area contributed by atoms with Crippen LogP contribution >= 0.6 is 0 Å². The second-order valence-electron chi connectivity index (χ2n) is 5.49. The van der Waals surface area contributed by atoms with Crippen LogP contribution in [0.4, 0.5) is 0 Å². The third-order valence-corrected chi connectivity index (χ3v) is 3.70. The second-order valence-corrected chi connectivity index (χ2v) is 5.49. The largest absolute Gasteiger partial charge is 0.508 e. The molecule has 0 fully saturated rings. The Bertz CT molecular complexity index is 574. The molecular weight excluding hydrogens is 278 g/mol. The molecule has 4 heteroatoms. The van der Waals surface area contributed by atoms with E-state index >= 15 is 0 Å². The van der Waals surface area contributed by atoms with Crippen LogP contribution in [-0.4, -0.2) is 41.4 Å². The molecule has 2 aromatic rings. The number of benzene rings is 2. The molecule has 118 valence electrons. The number of phenolic OH excluding ortho intramolecular Hbond substituents is 1. The lowest BCUT2D eigenvalue weighted by Gasteiger charge is -2.27. The van der Waals surface area contributed by atoms with Crippen molar-refractivity contribution in [3.8, 4) is 11.5 Å². The molecule has 2 atom stereocenters. The maximum atomic E-state index is 10.1. The summed E-state index contributed by atoms with van der Waals surface area (Å²) >= 11 is 0. The lowest BCUT2D eigenvalue weighted by Crippen LogP contribution is -2.34. The molecule has 0 amide bonds. The van der Waals surface area contributed by atoms with Gasteiger partial charge in [-0.1, -0.05) is 30.3 Å². The van der Waals surface area contributed by atoms with Crippen LogP contribution in [0.25, 0.3) is 0 Å². The van der Waals surface area contributed by atoms with Crippen LogP contribution in [0.15, 0.2) is 54.6 Å². The maximum Gasteiger partial charge on any atom is 0.119 e. The van der Waals surface area contributed by atoms with Crippen molar-refractivity contribution >= 4 is 0 Å². The highest BCUT2D eigenvalue weighted by atomic mass is 16.5. The molecule has 2 rings (SSSR count). The number of para-hydroxylation sites is 1. The van der Waals surface area contributed by atoms with Gasteiger partial charge in [-0.05, 0) is 43.8 Å². The highest BCUT2D eigenvalue weighted by Gasteiger charge is 2.16. The minimum atomic E-state index is -0.579. The third-order valence-electron chi connectivity index (χ3n) is 3.70. The van der Waals surface area contributed by atoms with Crippen molar-refractivity contribution < 1.29 is 14.9 Å². The fourth-order valence-electron chi connectivity index (χ4n) is 2.29. The number of aliphatic hydroxyl groups is 1. The van der Waals surface area contributed by atoms with Gasteiger partial charge in [0, 0.05) is 12.6 Å². The Hall–Kier alpha value is -2.04. The first kappa shape index (κ1) is 16.3. The zero-order valence-electron chi connectivity index (χ0n) is 13.0. The van der Waals surface area contributed by atoms with Crippen LogP contribution in [-0.2, 0) is 0 Å². The predicted octanol–water partition coefficient (Wildman–Crippen LogP) is 2.82. The summed E-state index contributed by atoms with van der Waals surface area (Å²) < 4.78 is 5.56. The van der Waals surface area contributed by atoms with Crippen molar-refractivity contribution in [1.82, 2.24) is 4.90 Å². The quantitative estimate of drug-likeness (QED) is 0.825. The summed E-state index contributed by atoms with van der Waals surface area (Å²) in [6.07, 6.45) is -0.579. The smallest absolute Gasteiger partial charge is 0.119 e. The summed E-state index contributed by atoms with van der Waals surface area (Å²) in [5, 5.41) is 19.7. The Balaban J connectivity index is 1.84. The van der Waals surface area contributed by atoms with E-state index in [1.165, 1.54) is 0 Å². The van der Waals surface area contributed by atoms with Gasteiger partial charge in [-0.2, -0.15) is 0 Å². The summed E-state index contributed by atoms with van der Waals surface area (Å²) in [7, 11) is 1.94. The van der Waals surface area contributed by atoms with Gasteiger partial charge in [0.15, 0.2) is 0 Å². The van der Waals surface area contributed by atoms with E-state index in [9.17, 15) is 10.2 Å². The van der Waals surface area contributed by atoms with Gasteiger partial charge in [0.2, 0.25) is 0 Å². The zero-order chi connectivity index (χ0) is 15.9. The molecule has 22 heavy (non-hydrogen) atoms. The standard InChI is InChI=1S/C18H23NO3/c1-14(15-7-6-8-16(20)11-15)19(2)12-17(21)13-22-18-9-4-3-5-10-18/h3-11,14,17,20-21H,12-13H2,1-2H3. The van der Waals surface area contributed by atoms with Crippen molar-refractivity contribution in [3.05, 3.63) is 60.2 Å². The summed E-state index contributed by atoms with van der Waals surface area (Å²) in [5.74, 6) is 1.01. The number of aromatic hydroxyl groups is 1. The Morgan fingerprint density at radius 1 is 1.09 bits per heavy atom. The molecule has 0 aliphatic heterocycles. The molecular formula is C18H23NO3. The molecule has 0 radical (unpaired) electrons. The molecule has 0 aliphatic rings. The number of nitrogens with zero attached hydrogens (tertiary/aromatic N) is 1. The Morgan fingerprint density at radius 2 is 1.82 bits per heavy atom. The average molecular weight is 301 g/mol. The zero-order valence-corrected chi connectivity index (χ0v) is 13.0. The minimum absolute atomic E-state index is 0.0958. The van der Waals surface area contributed by atoms with Crippen LogP contribution in [0.1, 0.15) is 18.5 Å². The fourth-order valence-corrected chi connectivity index (χ4v) is 2.29. The van der Waals surface area contributed by atoms with Crippen LogP contribution in [0, 0.1) is 0 Å². The van der Waals surface area contributed by atoms with Gasteiger partial charge in [0.25, 0.3) is 0 Å². The predicted molar refractivity (Wildman–Crippen MR) is 87.1 cm³/mol. The van der Waals surface area contributed by atoms with Gasteiger partial charge in [0.1, 0.15) is 24.2 Å². The van der Waals surface area contributed by atoms with Gasteiger partial charge in [-0.15, -0.1) is 0 Å². The number of phenols is 1. The molecule has 4 nitrogen and oxygen atoms in total. The highest BCUT2D eigenvalue weighted by Crippen LogP contribution is 2.22. The molecule has 0 aromatic heterocycles. The van der Waals surface area contributed by atoms with Gasteiger partial charge >= 0.3 is 0 Å². The number of ether oxygens (including phenoxy) is 1. The van der Waals surface area contributed by atoms with Crippen molar-refractivity contribution in [3.63, 3.8) is 0 Å². The maximum absolute atomic E-state index is 10.1.